The van der Waals surface area contributed by atoms with E-state index in [-0.39, 0.29) is 30.9 Å². The van der Waals surface area contributed by atoms with Crippen molar-refractivity contribution in [3.63, 3.8) is 0 Å². The molecule has 1 aromatic heterocycles. The SMILES string of the molecule is O=C(NCCCN1C(=O)c2ccccc2C1=O)c1ccc(CO)nc1. The molecule has 2 N–H and O–H groups in total. The Morgan fingerprint density at radius 1 is 1.08 bits per heavy atom. The summed E-state index contributed by atoms with van der Waals surface area (Å²) in [5, 5.41) is 11.6. The smallest absolute Gasteiger partial charge is 0.261 e. The number of rotatable bonds is 6. The molecule has 2 aromatic rings. The summed E-state index contributed by atoms with van der Waals surface area (Å²) in [6.07, 6.45) is 1.85. The van der Waals surface area contributed by atoms with Crippen molar-refractivity contribution in [2.24, 2.45) is 0 Å². The van der Waals surface area contributed by atoms with E-state index >= 15 is 0 Å². The van der Waals surface area contributed by atoms with Crippen molar-refractivity contribution in [3.8, 4) is 0 Å². The van der Waals surface area contributed by atoms with Gasteiger partial charge in [0.1, 0.15) is 0 Å². The highest BCUT2D eigenvalue weighted by molar-refractivity contribution is 6.21. The standard InChI is InChI=1S/C18H17N3O4/c22-11-13-7-6-12(10-20-13)16(23)19-8-3-9-21-17(24)14-4-1-2-5-15(14)18(21)25/h1-2,4-7,10,22H,3,8-9,11H2,(H,19,23). The third-order valence-electron chi connectivity index (χ3n) is 3.97. The van der Waals surface area contributed by atoms with Gasteiger partial charge in [-0.05, 0) is 30.7 Å². The van der Waals surface area contributed by atoms with Crippen molar-refractivity contribution in [1.82, 2.24) is 15.2 Å². The number of hydrogen-bond donors (Lipinski definition) is 2. The molecule has 1 aromatic carbocycles. The van der Waals surface area contributed by atoms with Crippen molar-refractivity contribution in [2.75, 3.05) is 13.1 Å². The van der Waals surface area contributed by atoms with Crippen LogP contribution in [0.5, 0.6) is 0 Å². The number of nitrogens with zero attached hydrogens (tertiary/aromatic N) is 2. The minimum absolute atomic E-state index is 0.178. The molecule has 7 heteroatoms. The van der Waals surface area contributed by atoms with E-state index in [0.29, 0.717) is 35.3 Å². The van der Waals surface area contributed by atoms with Gasteiger partial charge < -0.3 is 10.4 Å². The van der Waals surface area contributed by atoms with Gasteiger partial charge in [0.25, 0.3) is 17.7 Å². The number of aromatic nitrogens is 1. The van der Waals surface area contributed by atoms with E-state index in [9.17, 15) is 14.4 Å². The topological polar surface area (TPSA) is 99.6 Å². The predicted molar refractivity (Wildman–Crippen MR) is 88.9 cm³/mol. The Labute approximate surface area is 144 Å². The number of carbonyl (C=O) groups is 3. The van der Waals surface area contributed by atoms with Crippen LogP contribution < -0.4 is 5.32 Å². The Morgan fingerprint density at radius 2 is 1.76 bits per heavy atom. The van der Waals surface area contributed by atoms with Crippen LogP contribution in [0.15, 0.2) is 42.6 Å². The molecule has 0 atom stereocenters. The maximum atomic E-state index is 12.2. The van der Waals surface area contributed by atoms with Crippen molar-refractivity contribution in [2.45, 2.75) is 13.0 Å². The molecule has 0 fully saturated rings. The van der Waals surface area contributed by atoms with Crippen molar-refractivity contribution in [1.29, 1.82) is 0 Å². The average molecular weight is 339 g/mol. The highest BCUT2D eigenvalue weighted by atomic mass is 16.3. The number of carbonyl (C=O) groups excluding carboxylic acids is 3. The first-order valence-corrected chi connectivity index (χ1v) is 7.91. The van der Waals surface area contributed by atoms with Gasteiger partial charge in [0.05, 0.1) is 29.0 Å². The summed E-state index contributed by atoms with van der Waals surface area (Å²) in [6.45, 7) is 0.393. The quantitative estimate of drug-likeness (QED) is 0.604. The Bertz CT molecular complexity index is 782. The van der Waals surface area contributed by atoms with Crippen LogP contribution in [-0.4, -0.2) is 45.8 Å². The van der Waals surface area contributed by atoms with Crippen LogP contribution in [0.3, 0.4) is 0 Å². The molecule has 0 radical (unpaired) electrons. The van der Waals surface area contributed by atoms with Gasteiger partial charge >= 0.3 is 0 Å². The molecular formula is C18H17N3O4. The summed E-state index contributed by atoms with van der Waals surface area (Å²) >= 11 is 0. The van der Waals surface area contributed by atoms with Crippen LogP contribution in [0.4, 0.5) is 0 Å². The highest BCUT2D eigenvalue weighted by Crippen LogP contribution is 2.22. The summed E-state index contributed by atoms with van der Waals surface area (Å²) in [5.74, 6) is -0.884. The fourth-order valence-electron chi connectivity index (χ4n) is 2.64. The van der Waals surface area contributed by atoms with Crippen LogP contribution in [0.2, 0.25) is 0 Å². The van der Waals surface area contributed by atoms with E-state index in [1.54, 1.807) is 36.4 Å². The third-order valence-corrected chi connectivity index (χ3v) is 3.97. The molecule has 7 nitrogen and oxygen atoms in total. The largest absolute Gasteiger partial charge is 0.390 e. The number of imide groups is 1. The van der Waals surface area contributed by atoms with Gasteiger partial charge in [-0.25, -0.2) is 0 Å². The number of hydrogen-bond acceptors (Lipinski definition) is 5. The molecular weight excluding hydrogens is 322 g/mol. The van der Waals surface area contributed by atoms with Gasteiger partial charge in [-0.15, -0.1) is 0 Å². The monoisotopic (exact) mass is 339 g/mol. The fourth-order valence-corrected chi connectivity index (χ4v) is 2.64. The van der Waals surface area contributed by atoms with Crippen LogP contribution >= 0.6 is 0 Å². The summed E-state index contributed by atoms with van der Waals surface area (Å²) < 4.78 is 0. The lowest BCUT2D eigenvalue weighted by molar-refractivity contribution is 0.0653. The second-order valence-corrected chi connectivity index (χ2v) is 5.61. The number of nitrogens with one attached hydrogen (secondary N) is 1. The summed E-state index contributed by atoms with van der Waals surface area (Å²) in [7, 11) is 0. The minimum Gasteiger partial charge on any atom is -0.390 e. The summed E-state index contributed by atoms with van der Waals surface area (Å²) in [6, 6.07) is 9.89. The minimum atomic E-state index is -0.296. The molecule has 0 spiro atoms. The van der Waals surface area contributed by atoms with Gasteiger partial charge in [-0.2, -0.15) is 0 Å². The first-order valence-electron chi connectivity index (χ1n) is 7.91. The van der Waals surface area contributed by atoms with Gasteiger partial charge in [0.15, 0.2) is 0 Å². The number of aliphatic hydroxyl groups excluding tert-OH is 1. The van der Waals surface area contributed by atoms with Crippen molar-refractivity contribution >= 4 is 17.7 Å². The Balaban J connectivity index is 1.50. The van der Waals surface area contributed by atoms with Crippen LogP contribution in [0.1, 0.15) is 43.2 Å². The van der Waals surface area contributed by atoms with E-state index < -0.39 is 0 Å². The zero-order valence-electron chi connectivity index (χ0n) is 13.4. The van der Waals surface area contributed by atoms with E-state index in [4.69, 9.17) is 5.11 Å². The second kappa shape index (κ2) is 7.23. The molecule has 0 unspecified atom stereocenters. The first-order chi connectivity index (χ1) is 12.1. The molecule has 3 amide bonds. The zero-order valence-corrected chi connectivity index (χ0v) is 13.4. The van der Waals surface area contributed by atoms with E-state index in [1.165, 1.54) is 11.1 Å². The van der Waals surface area contributed by atoms with Crippen molar-refractivity contribution < 1.29 is 19.5 Å². The van der Waals surface area contributed by atoms with Gasteiger partial charge in [0, 0.05) is 19.3 Å². The molecule has 0 saturated heterocycles. The molecule has 3 rings (SSSR count). The highest BCUT2D eigenvalue weighted by Gasteiger charge is 2.34. The molecule has 128 valence electrons. The fraction of sp³-hybridized carbons (Fsp3) is 0.222. The number of aliphatic hydroxyl groups is 1. The molecule has 25 heavy (non-hydrogen) atoms. The third kappa shape index (κ3) is 3.41. The molecule has 0 saturated carbocycles. The van der Waals surface area contributed by atoms with Gasteiger partial charge in [-0.1, -0.05) is 12.1 Å². The molecule has 0 bridgehead atoms. The summed E-state index contributed by atoms with van der Waals surface area (Å²) in [5.41, 5.74) is 1.72. The molecule has 1 aliphatic rings. The van der Waals surface area contributed by atoms with Crippen molar-refractivity contribution in [3.05, 3.63) is 65.0 Å². The maximum Gasteiger partial charge on any atom is 0.261 e. The molecule has 0 aliphatic carbocycles. The average Bonchev–Trinajstić information content (AvgIpc) is 2.90. The normalized spacial score (nSPS) is 13.1. The van der Waals surface area contributed by atoms with E-state index in [0.717, 1.165) is 0 Å². The number of amides is 3. The van der Waals surface area contributed by atoms with Gasteiger partial charge in [0.2, 0.25) is 0 Å². The van der Waals surface area contributed by atoms with E-state index in [2.05, 4.69) is 10.3 Å². The molecule has 1 aliphatic heterocycles. The van der Waals surface area contributed by atoms with Crippen LogP contribution in [0, 0.1) is 0 Å². The lowest BCUT2D eigenvalue weighted by Crippen LogP contribution is -2.33. The zero-order chi connectivity index (χ0) is 17.8. The Hall–Kier alpha value is -3.06. The number of fused-ring (bicyclic) bond motifs is 1. The Morgan fingerprint density at radius 3 is 2.32 bits per heavy atom. The van der Waals surface area contributed by atoms with Gasteiger partial charge in [-0.3, -0.25) is 24.3 Å². The molecule has 2 heterocycles. The first kappa shape index (κ1) is 16.8. The number of pyridine rings is 1. The second-order valence-electron chi connectivity index (χ2n) is 5.61. The Kier molecular flexibility index (Phi) is 4.85. The van der Waals surface area contributed by atoms with Crippen LogP contribution in [-0.2, 0) is 6.61 Å². The van der Waals surface area contributed by atoms with E-state index in [1.807, 2.05) is 0 Å². The van der Waals surface area contributed by atoms with Crippen LogP contribution in [0.25, 0.3) is 0 Å². The summed E-state index contributed by atoms with van der Waals surface area (Å²) in [4.78, 5) is 41.5. The lowest BCUT2D eigenvalue weighted by Gasteiger charge is -2.13. The predicted octanol–water partition coefficient (Wildman–Crippen LogP) is 0.990. The lowest BCUT2D eigenvalue weighted by atomic mass is 10.1. The number of benzene rings is 1. The maximum absolute atomic E-state index is 12.2.